The van der Waals surface area contributed by atoms with Crippen LogP contribution >= 0.6 is 0 Å². The number of benzene rings is 1. The Balaban J connectivity index is 2.14. The molecule has 1 atom stereocenters. The molecular formula is C18H20N2O3. The van der Waals surface area contributed by atoms with E-state index in [-0.39, 0.29) is 6.10 Å². The highest BCUT2D eigenvalue weighted by atomic mass is 16.5. The van der Waals surface area contributed by atoms with Crippen molar-refractivity contribution < 1.29 is 14.2 Å². The second kappa shape index (κ2) is 6.71. The van der Waals surface area contributed by atoms with E-state index in [1.165, 1.54) is 0 Å². The van der Waals surface area contributed by atoms with Crippen molar-refractivity contribution in [3.05, 3.63) is 53.9 Å². The Morgan fingerprint density at radius 2 is 2.00 bits per heavy atom. The first-order valence-corrected chi connectivity index (χ1v) is 7.54. The summed E-state index contributed by atoms with van der Waals surface area (Å²) in [6, 6.07) is 9.77. The molecule has 0 aliphatic heterocycles. The molecule has 0 bridgehead atoms. The molecule has 5 nitrogen and oxygen atoms in total. The molecule has 5 heteroatoms. The zero-order valence-corrected chi connectivity index (χ0v) is 13.5. The van der Waals surface area contributed by atoms with Gasteiger partial charge >= 0.3 is 0 Å². The van der Waals surface area contributed by atoms with Crippen LogP contribution in [-0.2, 0) is 4.74 Å². The van der Waals surface area contributed by atoms with Gasteiger partial charge in [0.1, 0.15) is 11.8 Å². The number of nitrogens with one attached hydrogen (secondary N) is 1. The minimum atomic E-state index is -0.274. The van der Waals surface area contributed by atoms with E-state index < -0.39 is 0 Å². The number of para-hydroxylation sites is 1. The fraction of sp³-hybridized carbons (Fsp3) is 0.278. The van der Waals surface area contributed by atoms with Crippen LogP contribution in [0.4, 0.5) is 0 Å². The summed E-state index contributed by atoms with van der Waals surface area (Å²) in [5, 5.41) is 1.03. The summed E-state index contributed by atoms with van der Waals surface area (Å²) in [5.74, 6) is 1.41. The van der Waals surface area contributed by atoms with Gasteiger partial charge in [-0.05, 0) is 25.1 Å². The van der Waals surface area contributed by atoms with E-state index in [1.54, 1.807) is 20.4 Å². The predicted octanol–water partition coefficient (Wildman–Crippen LogP) is 3.71. The van der Waals surface area contributed by atoms with Gasteiger partial charge in [-0.2, -0.15) is 0 Å². The zero-order valence-electron chi connectivity index (χ0n) is 13.5. The first-order valence-electron chi connectivity index (χ1n) is 7.54. The molecule has 3 aromatic rings. The summed E-state index contributed by atoms with van der Waals surface area (Å²) < 4.78 is 17.1. The first kappa shape index (κ1) is 15.4. The Labute approximate surface area is 135 Å². The average molecular weight is 312 g/mol. The maximum atomic E-state index is 5.82. The predicted molar refractivity (Wildman–Crippen MR) is 89.1 cm³/mol. The first-order chi connectivity index (χ1) is 11.3. The lowest BCUT2D eigenvalue weighted by atomic mass is 10.00. The molecule has 0 saturated carbocycles. The zero-order chi connectivity index (χ0) is 16.2. The third-order valence-electron chi connectivity index (χ3n) is 3.80. The van der Waals surface area contributed by atoms with Crippen LogP contribution in [0.15, 0.2) is 42.7 Å². The molecule has 0 aliphatic carbocycles. The maximum Gasteiger partial charge on any atom is 0.167 e. The number of ether oxygens (including phenoxy) is 3. The van der Waals surface area contributed by atoms with Gasteiger partial charge in [0.05, 0.1) is 13.7 Å². The average Bonchev–Trinajstić information content (AvgIpc) is 3.01. The molecule has 1 aromatic carbocycles. The molecule has 1 N–H and O–H groups in total. The smallest absolute Gasteiger partial charge is 0.167 e. The molecule has 0 aliphatic rings. The van der Waals surface area contributed by atoms with Crippen LogP contribution in [0.25, 0.3) is 11.0 Å². The van der Waals surface area contributed by atoms with Crippen molar-refractivity contribution in [2.75, 3.05) is 20.8 Å². The van der Waals surface area contributed by atoms with Gasteiger partial charge in [-0.25, -0.2) is 4.98 Å². The fourth-order valence-electron chi connectivity index (χ4n) is 2.81. The molecule has 2 heterocycles. The number of hydrogen-bond donors (Lipinski definition) is 1. The van der Waals surface area contributed by atoms with Crippen molar-refractivity contribution in [3.63, 3.8) is 0 Å². The Morgan fingerprint density at radius 3 is 2.74 bits per heavy atom. The van der Waals surface area contributed by atoms with Crippen molar-refractivity contribution in [1.29, 1.82) is 0 Å². The minimum Gasteiger partial charge on any atom is -0.493 e. The lowest BCUT2D eigenvalue weighted by molar-refractivity contribution is 0.133. The van der Waals surface area contributed by atoms with Crippen LogP contribution in [0.1, 0.15) is 24.2 Å². The molecule has 3 rings (SSSR count). The third kappa shape index (κ3) is 2.75. The molecule has 120 valence electrons. The van der Waals surface area contributed by atoms with Crippen LogP contribution in [0.5, 0.6) is 11.5 Å². The Hall–Kier alpha value is -2.53. The molecular weight excluding hydrogens is 292 g/mol. The standard InChI is InChI=1S/C18H20N2O3/c1-4-23-17-13(7-5-9-15(17)21-2)16(22-3)14-11-20-18-12(14)8-6-10-19-18/h5-11,16H,4H2,1-3H3,(H,19,20). The van der Waals surface area contributed by atoms with Crippen LogP contribution in [0.3, 0.4) is 0 Å². The van der Waals surface area contributed by atoms with E-state index in [1.807, 2.05) is 43.5 Å². The van der Waals surface area contributed by atoms with Crippen LogP contribution < -0.4 is 9.47 Å². The topological polar surface area (TPSA) is 56.4 Å². The highest BCUT2D eigenvalue weighted by Gasteiger charge is 2.23. The minimum absolute atomic E-state index is 0.274. The highest BCUT2D eigenvalue weighted by Crippen LogP contribution is 2.40. The number of aromatic amines is 1. The molecule has 0 spiro atoms. The van der Waals surface area contributed by atoms with Gasteiger partial charge in [0.25, 0.3) is 0 Å². The van der Waals surface area contributed by atoms with Gasteiger partial charge in [0, 0.05) is 36.0 Å². The lowest BCUT2D eigenvalue weighted by Gasteiger charge is -2.20. The molecule has 0 fully saturated rings. The summed E-state index contributed by atoms with van der Waals surface area (Å²) in [6.07, 6.45) is 3.42. The SMILES string of the molecule is CCOc1c(OC)cccc1C(OC)c1c[nH]c2ncccc12. The molecule has 0 saturated heterocycles. The second-order valence-corrected chi connectivity index (χ2v) is 5.07. The second-order valence-electron chi connectivity index (χ2n) is 5.07. The maximum absolute atomic E-state index is 5.82. The number of methoxy groups -OCH3 is 2. The number of pyridine rings is 1. The molecule has 23 heavy (non-hydrogen) atoms. The largest absolute Gasteiger partial charge is 0.493 e. The van der Waals surface area contributed by atoms with Crippen LogP contribution in [0.2, 0.25) is 0 Å². The van der Waals surface area contributed by atoms with Crippen LogP contribution in [0, 0.1) is 0 Å². The summed E-state index contributed by atoms with van der Waals surface area (Å²) >= 11 is 0. The van der Waals surface area contributed by atoms with Crippen LogP contribution in [-0.4, -0.2) is 30.8 Å². The number of hydrogen-bond acceptors (Lipinski definition) is 4. The van der Waals surface area contributed by atoms with Crippen molar-refractivity contribution in [2.45, 2.75) is 13.0 Å². The van der Waals surface area contributed by atoms with E-state index in [9.17, 15) is 0 Å². The van der Waals surface area contributed by atoms with Gasteiger partial charge < -0.3 is 19.2 Å². The Morgan fingerprint density at radius 1 is 1.13 bits per heavy atom. The highest BCUT2D eigenvalue weighted by molar-refractivity contribution is 5.80. The third-order valence-corrected chi connectivity index (χ3v) is 3.80. The number of aromatic nitrogens is 2. The number of fused-ring (bicyclic) bond motifs is 1. The number of H-pyrrole nitrogens is 1. The van der Waals surface area contributed by atoms with E-state index in [0.29, 0.717) is 18.1 Å². The van der Waals surface area contributed by atoms with E-state index in [2.05, 4.69) is 9.97 Å². The van der Waals surface area contributed by atoms with Crippen molar-refractivity contribution in [2.24, 2.45) is 0 Å². The normalized spacial score (nSPS) is 12.3. The van der Waals surface area contributed by atoms with E-state index >= 15 is 0 Å². The van der Waals surface area contributed by atoms with Crippen molar-refractivity contribution in [1.82, 2.24) is 9.97 Å². The summed E-state index contributed by atoms with van der Waals surface area (Å²) in [5.41, 5.74) is 2.79. The molecule has 0 radical (unpaired) electrons. The van der Waals surface area contributed by atoms with E-state index in [0.717, 1.165) is 22.2 Å². The number of rotatable bonds is 6. The Kier molecular flexibility index (Phi) is 4.48. The van der Waals surface area contributed by atoms with Crippen molar-refractivity contribution >= 4 is 11.0 Å². The lowest BCUT2D eigenvalue weighted by Crippen LogP contribution is -2.07. The van der Waals surface area contributed by atoms with Gasteiger partial charge in [-0.15, -0.1) is 0 Å². The summed E-state index contributed by atoms with van der Waals surface area (Å²) in [6.45, 7) is 2.51. The molecule has 0 amide bonds. The quantitative estimate of drug-likeness (QED) is 0.754. The van der Waals surface area contributed by atoms with Gasteiger partial charge in [-0.3, -0.25) is 0 Å². The monoisotopic (exact) mass is 312 g/mol. The Bertz CT molecular complexity index is 798. The molecule has 1 unspecified atom stereocenters. The molecule has 2 aromatic heterocycles. The summed E-state index contributed by atoms with van der Waals surface area (Å²) in [7, 11) is 3.33. The van der Waals surface area contributed by atoms with Crippen molar-refractivity contribution in [3.8, 4) is 11.5 Å². The van der Waals surface area contributed by atoms with Gasteiger partial charge in [-0.1, -0.05) is 12.1 Å². The van der Waals surface area contributed by atoms with Gasteiger partial charge in [0.2, 0.25) is 0 Å². The number of nitrogens with zero attached hydrogens (tertiary/aromatic N) is 1. The fourth-order valence-corrected chi connectivity index (χ4v) is 2.81. The van der Waals surface area contributed by atoms with Gasteiger partial charge in [0.15, 0.2) is 11.5 Å². The van der Waals surface area contributed by atoms with E-state index in [4.69, 9.17) is 14.2 Å². The summed E-state index contributed by atoms with van der Waals surface area (Å²) in [4.78, 5) is 7.53.